The summed E-state index contributed by atoms with van der Waals surface area (Å²) in [6.07, 6.45) is 2.04. The Bertz CT molecular complexity index is 578. The smallest absolute Gasteiger partial charge is 0.294 e. The van der Waals surface area contributed by atoms with E-state index in [0.29, 0.717) is 23.7 Å². The summed E-state index contributed by atoms with van der Waals surface area (Å²) in [4.78, 5) is 12.0. The highest BCUT2D eigenvalue weighted by Gasteiger charge is 2.13. The topological polar surface area (TPSA) is 64.4 Å². The molecule has 0 saturated carbocycles. The molecule has 1 aromatic heterocycles. The van der Waals surface area contributed by atoms with Crippen LogP contribution in [0.4, 0.5) is 5.69 Å². The molecular weight excluding hydrogens is 256 g/mol. The molecule has 5 nitrogen and oxygen atoms in total. The molecule has 0 aliphatic rings. The van der Waals surface area contributed by atoms with Crippen LogP contribution in [0.1, 0.15) is 36.0 Å². The Morgan fingerprint density at radius 2 is 2.20 bits per heavy atom. The fourth-order valence-corrected chi connectivity index (χ4v) is 1.68. The van der Waals surface area contributed by atoms with Crippen molar-refractivity contribution in [2.45, 2.75) is 26.7 Å². The van der Waals surface area contributed by atoms with Gasteiger partial charge in [-0.05, 0) is 25.5 Å². The lowest BCUT2D eigenvalue weighted by molar-refractivity contribution is 0.0987. The molecule has 1 N–H and O–H groups in total. The number of ether oxygens (including phenoxy) is 1. The SMILES string of the molecule is CCCCOc1ccccc1NC(=O)c1cc(C)no1. The number of carbonyl (C=O) groups excluding carboxylic acids is 1. The Morgan fingerprint density at radius 3 is 2.90 bits per heavy atom. The van der Waals surface area contributed by atoms with Crippen molar-refractivity contribution >= 4 is 11.6 Å². The zero-order valence-electron chi connectivity index (χ0n) is 11.7. The first-order chi connectivity index (χ1) is 9.70. The number of para-hydroxylation sites is 2. The fourth-order valence-electron chi connectivity index (χ4n) is 1.68. The van der Waals surface area contributed by atoms with Gasteiger partial charge in [-0.3, -0.25) is 4.79 Å². The number of amides is 1. The fraction of sp³-hybridized carbons (Fsp3) is 0.333. The summed E-state index contributed by atoms with van der Waals surface area (Å²) in [6, 6.07) is 8.93. The van der Waals surface area contributed by atoms with Gasteiger partial charge in [0.05, 0.1) is 18.0 Å². The van der Waals surface area contributed by atoms with Gasteiger partial charge in [0.2, 0.25) is 5.76 Å². The third kappa shape index (κ3) is 3.60. The van der Waals surface area contributed by atoms with Crippen molar-refractivity contribution in [3.05, 3.63) is 41.8 Å². The number of benzene rings is 1. The molecule has 0 saturated heterocycles. The molecule has 0 radical (unpaired) electrons. The van der Waals surface area contributed by atoms with Crippen LogP contribution in [0.15, 0.2) is 34.9 Å². The van der Waals surface area contributed by atoms with Crippen molar-refractivity contribution in [1.82, 2.24) is 5.16 Å². The molecule has 0 bridgehead atoms. The average molecular weight is 274 g/mol. The molecule has 5 heteroatoms. The normalized spacial score (nSPS) is 10.3. The van der Waals surface area contributed by atoms with Gasteiger partial charge in [-0.25, -0.2) is 0 Å². The number of aryl methyl sites for hydroxylation is 1. The zero-order chi connectivity index (χ0) is 14.4. The second kappa shape index (κ2) is 6.75. The molecule has 1 aromatic carbocycles. The van der Waals surface area contributed by atoms with Crippen LogP contribution in [0, 0.1) is 6.92 Å². The van der Waals surface area contributed by atoms with E-state index in [1.54, 1.807) is 19.1 Å². The molecule has 20 heavy (non-hydrogen) atoms. The highest BCUT2D eigenvalue weighted by atomic mass is 16.5. The van der Waals surface area contributed by atoms with Crippen molar-refractivity contribution in [1.29, 1.82) is 0 Å². The maximum Gasteiger partial charge on any atom is 0.294 e. The summed E-state index contributed by atoms with van der Waals surface area (Å²) < 4.78 is 10.6. The molecule has 0 spiro atoms. The van der Waals surface area contributed by atoms with E-state index in [1.807, 2.05) is 18.2 Å². The maximum absolute atomic E-state index is 12.0. The zero-order valence-corrected chi connectivity index (χ0v) is 11.7. The molecule has 0 atom stereocenters. The Balaban J connectivity index is 2.06. The number of anilines is 1. The summed E-state index contributed by atoms with van der Waals surface area (Å²) in [5, 5.41) is 6.46. The number of hydrogen-bond acceptors (Lipinski definition) is 4. The first kappa shape index (κ1) is 14.1. The van der Waals surface area contributed by atoms with Gasteiger partial charge in [-0.15, -0.1) is 0 Å². The van der Waals surface area contributed by atoms with Crippen LogP contribution in [-0.2, 0) is 0 Å². The first-order valence-corrected chi connectivity index (χ1v) is 6.67. The summed E-state index contributed by atoms with van der Waals surface area (Å²) in [5.41, 5.74) is 1.30. The lowest BCUT2D eigenvalue weighted by atomic mass is 10.2. The van der Waals surface area contributed by atoms with Crippen LogP contribution in [0.2, 0.25) is 0 Å². The molecule has 2 rings (SSSR count). The van der Waals surface area contributed by atoms with Gasteiger partial charge in [0.1, 0.15) is 5.75 Å². The molecule has 106 valence electrons. The predicted octanol–water partition coefficient (Wildman–Crippen LogP) is 3.41. The van der Waals surface area contributed by atoms with E-state index in [-0.39, 0.29) is 11.7 Å². The Kier molecular flexibility index (Phi) is 4.76. The number of rotatable bonds is 6. The van der Waals surface area contributed by atoms with Crippen LogP contribution in [0.25, 0.3) is 0 Å². The first-order valence-electron chi connectivity index (χ1n) is 6.67. The highest BCUT2D eigenvalue weighted by Crippen LogP contribution is 2.24. The lowest BCUT2D eigenvalue weighted by Crippen LogP contribution is -2.12. The van der Waals surface area contributed by atoms with Crippen molar-refractivity contribution in [3.63, 3.8) is 0 Å². The van der Waals surface area contributed by atoms with Gasteiger partial charge in [0.15, 0.2) is 0 Å². The molecule has 0 unspecified atom stereocenters. The number of hydrogen-bond donors (Lipinski definition) is 1. The van der Waals surface area contributed by atoms with E-state index in [2.05, 4.69) is 17.4 Å². The van der Waals surface area contributed by atoms with Gasteiger partial charge in [0.25, 0.3) is 5.91 Å². The van der Waals surface area contributed by atoms with Crippen molar-refractivity contribution in [3.8, 4) is 5.75 Å². The minimum atomic E-state index is -0.336. The summed E-state index contributed by atoms with van der Waals surface area (Å²) in [6.45, 7) is 4.50. The molecule has 0 aliphatic carbocycles. The van der Waals surface area contributed by atoms with Crippen LogP contribution in [-0.4, -0.2) is 17.7 Å². The van der Waals surface area contributed by atoms with E-state index >= 15 is 0 Å². The third-order valence-corrected chi connectivity index (χ3v) is 2.74. The maximum atomic E-state index is 12.0. The quantitative estimate of drug-likeness (QED) is 0.820. The van der Waals surface area contributed by atoms with E-state index < -0.39 is 0 Å². The summed E-state index contributed by atoms with van der Waals surface area (Å²) in [7, 11) is 0. The Morgan fingerprint density at radius 1 is 1.40 bits per heavy atom. The van der Waals surface area contributed by atoms with Crippen LogP contribution < -0.4 is 10.1 Å². The number of nitrogens with zero attached hydrogens (tertiary/aromatic N) is 1. The summed E-state index contributed by atoms with van der Waals surface area (Å²) >= 11 is 0. The van der Waals surface area contributed by atoms with Gasteiger partial charge in [-0.1, -0.05) is 30.6 Å². The predicted molar refractivity (Wildman–Crippen MR) is 76.0 cm³/mol. The number of unbranched alkanes of at least 4 members (excludes halogenated alkanes) is 1. The van der Waals surface area contributed by atoms with Crippen LogP contribution in [0.3, 0.4) is 0 Å². The molecule has 0 fully saturated rings. The molecule has 2 aromatic rings. The standard InChI is InChI=1S/C15H18N2O3/c1-3-4-9-19-13-8-6-5-7-12(13)16-15(18)14-10-11(2)17-20-14/h5-8,10H,3-4,9H2,1-2H3,(H,16,18). The second-order valence-corrected chi connectivity index (χ2v) is 4.48. The van der Waals surface area contributed by atoms with E-state index in [1.165, 1.54) is 0 Å². The van der Waals surface area contributed by atoms with E-state index in [0.717, 1.165) is 12.8 Å². The average Bonchev–Trinajstić information content (AvgIpc) is 2.88. The Labute approximate surface area is 117 Å². The minimum Gasteiger partial charge on any atom is -0.491 e. The van der Waals surface area contributed by atoms with Crippen molar-refractivity contribution in [2.24, 2.45) is 0 Å². The van der Waals surface area contributed by atoms with Crippen LogP contribution in [0.5, 0.6) is 5.75 Å². The number of carbonyl (C=O) groups is 1. The third-order valence-electron chi connectivity index (χ3n) is 2.74. The molecule has 1 amide bonds. The van der Waals surface area contributed by atoms with Crippen molar-refractivity contribution < 1.29 is 14.1 Å². The van der Waals surface area contributed by atoms with Crippen LogP contribution >= 0.6 is 0 Å². The highest BCUT2D eigenvalue weighted by molar-refractivity contribution is 6.03. The Hall–Kier alpha value is -2.30. The molecule has 1 heterocycles. The van der Waals surface area contributed by atoms with Crippen molar-refractivity contribution in [2.75, 3.05) is 11.9 Å². The number of nitrogens with one attached hydrogen (secondary N) is 1. The molecular formula is C15H18N2O3. The minimum absolute atomic E-state index is 0.186. The van der Waals surface area contributed by atoms with Gasteiger partial charge in [0, 0.05) is 6.07 Å². The lowest BCUT2D eigenvalue weighted by Gasteiger charge is -2.11. The monoisotopic (exact) mass is 274 g/mol. The second-order valence-electron chi connectivity index (χ2n) is 4.48. The van der Waals surface area contributed by atoms with E-state index in [9.17, 15) is 4.79 Å². The van der Waals surface area contributed by atoms with Gasteiger partial charge in [-0.2, -0.15) is 0 Å². The summed E-state index contributed by atoms with van der Waals surface area (Å²) in [5.74, 6) is 0.508. The molecule has 0 aliphatic heterocycles. The van der Waals surface area contributed by atoms with Gasteiger partial charge < -0.3 is 14.6 Å². The number of aromatic nitrogens is 1. The van der Waals surface area contributed by atoms with Gasteiger partial charge >= 0.3 is 0 Å². The van der Waals surface area contributed by atoms with E-state index in [4.69, 9.17) is 9.26 Å². The largest absolute Gasteiger partial charge is 0.491 e.